The molecule has 1 atom stereocenters. The molecule has 7 nitrogen and oxygen atoms in total. The van der Waals surface area contributed by atoms with Crippen molar-refractivity contribution in [3.8, 4) is 11.5 Å². The smallest absolute Gasteiger partial charge is 0.246 e. The fourth-order valence-corrected chi connectivity index (χ4v) is 5.47. The third-order valence-electron chi connectivity index (χ3n) is 5.49. The van der Waals surface area contributed by atoms with Gasteiger partial charge in [-0.3, -0.25) is 4.79 Å². The number of sulfonamides is 1. The minimum Gasteiger partial charge on any atom is -0.497 e. The average Bonchev–Trinajstić information content (AvgIpc) is 2.77. The topological polar surface area (TPSA) is 84.9 Å². The van der Waals surface area contributed by atoms with Crippen molar-refractivity contribution in [1.29, 1.82) is 0 Å². The Kier molecular flexibility index (Phi) is 6.67. The Labute approximate surface area is 178 Å². The van der Waals surface area contributed by atoms with Crippen LogP contribution in [0.15, 0.2) is 53.4 Å². The molecule has 0 unspecified atom stereocenters. The molecule has 3 rings (SSSR count). The van der Waals surface area contributed by atoms with E-state index in [0.717, 1.165) is 5.56 Å². The molecule has 0 bridgehead atoms. The first-order valence-corrected chi connectivity index (χ1v) is 11.3. The molecule has 1 amide bonds. The van der Waals surface area contributed by atoms with Crippen LogP contribution in [0.3, 0.4) is 0 Å². The summed E-state index contributed by atoms with van der Waals surface area (Å²) in [6.45, 7) is 2.68. The molecular formula is C22H28N2O5S. The molecule has 1 heterocycles. The van der Waals surface area contributed by atoms with E-state index in [1.165, 1.54) is 24.6 Å². The van der Waals surface area contributed by atoms with E-state index in [2.05, 4.69) is 5.32 Å². The molecule has 2 aromatic rings. The Morgan fingerprint density at radius 1 is 1.13 bits per heavy atom. The number of hydrogen-bond acceptors (Lipinski definition) is 5. The molecule has 30 heavy (non-hydrogen) atoms. The molecule has 0 aliphatic carbocycles. The quantitative estimate of drug-likeness (QED) is 0.727. The summed E-state index contributed by atoms with van der Waals surface area (Å²) in [7, 11) is -0.953. The fraction of sp³-hybridized carbons (Fsp3) is 0.409. The average molecular weight is 433 g/mol. The molecule has 0 radical (unpaired) electrons. The maximum Gasteiger partial charge on any atom is 0.246 e. The van der Waals surface area contributed by atoms with E-state index < -0.39 is 15.4 Å². The summed E-state index contributed by atoms with van der Waals surface area (Å²) >= 11 is 0. The molecule has 2 aromatic carbocycles. The third-order valence-corrected chi connectivity index (χ3v) is 7.36. The van der Waals surface area contributed by atoms with Crippen LogP contribution in [0.4, 0.5) is 0 Å². The Bertz CT molecular complexity index is 994. The Morgan fingerprint density at radius 3 is 2.53 bits per heavy atom. The minimum absolute atomic E-state index is 0.0401. The second-order valence-electron chi connectivity index (χ2n) is 7.69. The minimum atomic E-state index is -3.86. The van der Waals surface area contributed by atoms with E-state index in [9.17, 15) is 13.2 Å². The molecule has 0 spiro atoms. The highest BCUT2D eigenvalue weighted by Crippen LogP contribution is 2.36. The molecule has 1 fully saturated rings. The van der Waals surface area contributed by atoms with Crippen molar-refractivity contribution in [2.45, 2.75) is 31.2 Å². The van der Waals surface area contributed by atoms with Gasteiger partial charge in [-0.15, -0.1) is 0 Å². The van der Waals surface area contributed by atoms with Crippen molar-refractivity contribution in [2.24, 2.45) is 5.41 Å². The zero-order valence-electron chi connectivity index (χ0n) is 17.6. The van der Waals surface area contributed by atoms with Crippen molar-refractivity contribution in [2.75, 3.05) is 27.3 Å². The molecule has 1 saturated heterocycles. The fourth-order valence-electron chi connectivity index (χ4n) is 3.70. The summed E-state index contributed by atoms with van der Waals surface area (Å²) in [6, 6.07) is 14.3. The van der Waals surface area contributed by atoms with Crippen LogP contribution in [0, 0.1) is 5.41 Å². The number of hydrogen-bond donors (Lipinski definition) is 1. The maximum atomic E-state index is 13.4. The number of nitrogens with one attached hydrogen (secondary N) is 1. The van der Waals surface area contributed by atoms with Gasteiger partial charge in [0.2, 0.25) is 15.9 Å². The number of amides is 1. The molecule has 0 aromatic heterocycles. The van der Waals surface area contributed by atoms with Gasteiger partial charge in [-0.2, -0.15) is 4.31 Å². The third kappa shape index (κ3) is 4.60. The van der Waals surface area contributed by atoms with Gasteiger partial charge in [-0.1, -0.05) is 30.3 Å². The summed E-state index contributed by atoms with van der Waals surface area (Å²) in [5.41, 5.74) is 0.183. The number of rotatable bonds is 7. The molecule has 8 heteroatoms. The molecule has 0 saturated carbocycles. The van der Waals surface area contributed by atoms with E-state index in [0.29, 0.717) is 31.7 Å². The van der Waals surface area contributed by atoms with Crippen LogP contribution in [0.1, 0.15) is 25.3 Å². The van der Waals surface area contributed by atoms with Crippen LogP contribution in [0.5, 0.6) is 11.5 Å². The standard InChI is InChI=1S/C22H28N2O5S/c1-22(21(25)23-15-17-8-5-4-6-9-17)12-7-13-24(16-22)30(26,27)20-14-18(28-2)10-11-19(20)29-3/h4-6,8-11,14H,7,12-13,15-16H2,1-3H3,(H,23,25)/t22-/m1/s1. The molecule has 162 valence electrons. The Morgan fingerprint density at radius 2 is 1.87 bits per heavy atom. The van der Waals surface area contributed by atoms with Crippen LogP contribution in [0.25, 0.3) is 0 Å². The van der Waals surface area contributed by atoms with Gasteiger partial charge in [0.15, 0.2) is 0 Å². The van der Waals surface area contributed by atoms with E-state index in [1.54, 1.807) is 12.1 Å². The van der Waals surface area contributed by atoms with Crippen molar-refractivity contribution in [1.82, 2.24) is 9.62 Å². The zero-order valence-corrected chi connectivity index (χ0v) is 18.4. The summed E-state index contributed by atoms with van der Waals surface area (Å²) in [5, 5.41) is 2.96. The van der Waals surface area contributed by atoms with Gasteiger partial charge >= 0.3 is 0 Å². The number of benzene rings is 2. The first kappa shape index (κ1) is 22.1. The van der Waals surface area contributed by atoms with Crippen LogP contribution in [0.2, 0.25) is 0 Å². The number of methoxy groups -OCH3 is 2. The van der Waals surface area contributed by atoms with Gasteiger partial charge in [-0.05, 0) is 37.5 Å². The van der Waals surface area contributed by atoms with E-state index in [1.807, 2.05) is 37.3 Å². The van der Waals surface area contributed by atoms with Gasteiger partial charge in [0, 0.05) is 25.7 Å². The van der Waals surface area contributed by atoms with Gasteiger partial charge in [-0.25, -0.2) is 8.42 Å². The number of ether oxygens (including phenoxy) is 2. The lowest BCUT2D eigenvalue weighted by Crippen LogP contribution is -2.51. The Balaban J connectivity index is 1.80. The molecule has 1 N–H and O–H groups in total. The van der Waals surface area contributed by atoms with E-state index >= 15 is 0 Å². The summed E-state index contributed by atoms with van der Waals surface area (Å²) in [4.78, 5) is 13.0. The van der Waals surface area contributed by atoms with Crippen LogP contribution >= 0.6 is 0 Å². The Hall–Kier alpha value is -2.58. The van der Waals surface area contributed by atoms with Gasteiger partial charge in [0.05, 0.1) is 19.6 Å². The highest BCUT2D eigenvalue weighted by Gasteiger charge is 2.42. The summed E-state index contributed by atoms with van der Waals surface area (Å²) in [6.07, 6.45) is 1.22. The van der Waals surface area contributed by atoms with Gasteiger partial charge in [0.25, 0.3) is 0 Å². The van der Waals surface area contributed by atoms with Crippen molar-refractivity contribution >= 4 is 15.9 Å². The van der Waals surface area contributed by atoms with Crippen LogP contribution in [-0.4, -0.2) is 45.9 Å². The maximum absolute atomic E-state index is 13.4. The summed E-state index contributed by atoms with van der Waals surface area (Å²) < 4.78 is 38.6. The first-order chi connectivity index (χ1) is 14.3. The number of carbonyl (C=O) groups is 1. The monoisotopic (exact) mass is 432 g/mol. The number of nitrogens with zero attached hydrogens (tertiary/aromatic N) is 1. The van der Waals surface area contributed by atoms with Gasteiger partial charge in [0.1, 0.15) is 16.4 Å². The second kappa shape index (κ2) is 9.06. The lowest BCUT2D eigenvalue weighted by atomic mass is 9.82. The van der Waals surface area contributed by atoms with E-state index in [4.69, 9.17) is 9.47 Å². The van der Waals surface area contributed by atoms with Crippen molar-refractivity contribution in [3.63, 3.8) is 0 Å². The molecule has 1 aliphatic heterocycles. The highest BCUT2D eigenvalue weighted by molar-refractivity contribution is 7.89. The highest BCUT2D eigenvalue weighted by atomic mass is 32.2. The normalized spacial score (nSPS) is 19.8. The second-order valence-corrected chi connectivity index (χ2v) is 9.59. The van der Waals surface area contributed by atoms with E-state index in [-0.39, 0.29) is 23.1 Å². The number of carbonyl (C=O) groups excluding carboxylic acids is 1. The molecular weight excluding hydrogens is 404 g/mol. The lowest BCUT2D eigenvalue weighted by Gasteiger charge is -2.38. The van der Waals surface area contributed by atoms with Crippen LogP contribution < -0.4 is 14.8 Å². The largest absolute Gasteiger partial charge is 0.497 e. The SMILES string of the molecule is COc1ccc(OC)c(S(=O)(=O)N2CCC[C@@](C)(C(=O)NCc3ccccc3)C2)c1. The first-order valence-electron chi connectivity index (χ1n) is 9.84. The predicted octanol–water partition coefficient (Wildman–Crippen LogP) is 2.81. The van der Waals surface area contributed by atoms with Crippen LogP contribution in [-0.2, 0) is 21.4 Å². The zero-order chi connectivity index (χ0) is 21.8. The molecule has 1 aliphatic rings. The summed E-state index contributed by atoms with van der Waals surface area (Å²) in [5.74, 6) is 0.523. The van der Waals surface area contributed by atoms with Gasteiger partial charge < -0.3 is 14.8 Å². The van der Waals surface area contributed by atoms with Crippen molar-refractivity contribution < 1.29 is 22.7 Å². The number of piperidine rings is 1. The van der Waals surface area contributed by atoms with Crippen molar-refractivity contribution in [3.05, 3.63) is 54.1 Å². The predicted molar refractivity (Wildman–Crippen MR) is 114 cm³/mol. The lowest BCUT2D eigenvalue weighted by molar-refractivity contribution is -0.132.